The van der Waals surface area contributed by atoms with Crippen molar-refractivity contribution in [2.75, 3.05) is 7.05 Å². The molecule has 0 bridgehead atoms. The quantitative estimate of drug-likeness (QED) is 0.857. The maximum atomic E-state index is 4.51. The van der Waals surface area contributed by atoms with Crippen LogP contribution in [0.3, 0.4) is 0 Å². The van der Waals surface area contributed by atoms with Gasteiger partial charge in [0.25, 0.3) is 0 Å². The van der Waals surface area contributed by atoms with Gasteiger partial charge in [-0.1, -0.05) is 31.5 Å². The molecule has 0 saturated carbocycles. The number of hydrogen-bond acceptors (Lipinski definition) is 3. The highest BCUT2D eigenvalue weighted by Crippen LogP contribution is 2.15. The molecule has 1 atom stereocenters. The van der Waals surface area contributed by atoms with Gasteiger partial charge in [0.05, 0.1) is 17.9 Å². The Labute approximate surface area is 102 Å². The zero-order valence-electron chi connectivity index (χ0n) is 10.3. The van der Waals surface area contributed by atoms with Gasteiger partial charge in [-0.05, 0) is 25.6 Å². The molecule has 1 N–H and O–H groups in total. The maximum Gasteiger partial charge on any atom is 0.100 e. The number of nitrogens with zero attached hydrogens (tertiary/aromatic N) is 3. The first-order valence-electron chi connectivity index (χ1n) is 6.00. The summed E-state index contributed by atoms with van der Waals surface area (Å²) in [5.41, 5.74) is 1.99. The summed E-state index contributed by atoms with van der Waals surface area (Å²) in [7, 11) is 1.96. The molecule has 2 aromatic rings. The van der Waals surface area contributed by atoms with E-state index in [2.05, 4.69) is 22.4 Å². The molecular formula is C13H18N4. The fourth-order valence-electron chi connectivity index (χ4n) is 1.85. The van der Waals surface area contributed by atoms with Gasteiger partial charge >= 0.3 is 0 Å². The van der Waals surface area contributed by atoms with Crippen molar-refractivity contribution >= 4 is 0 Å². The van der Waals surface area contributed by atoms with Crippen LogP contribution in [0.4, 0.5) is 0 Å². The Kier molecular flexibility index (Phi) is 3.88. The molecule has 0 radical (unpaired) electrons. The fourth-order valence-corrected chi connectivity index (χ4v) is 1.85. The number of nitrogens with one attached hydrogen (secondary N) is 1. The van der Waals surface area contributed by atoms with E-state index in [-0.39, 0.29) is 6.04 Å². The van der Waals surface area contributed by atoms with Crippen LogP contribution in [0.15, 0.2) is 36.5 Å². The Balaban J connectivity index is 2.21. The average Bonchev–Trinajstić information content (AvgIpc) is 2.86. The smallest absolute Gasteiger partial charge is 0.100 e. The van der Waals surface area contributed by atoms with E-state index in [4.69, 9.17) is 0 Å². The highest BCUT2D eigenvalue weighted by atomic mass is 15.5. The Morgan fingerprint density at radius 3 is 2.71 bits per heavy atom. The lowest BCUT2D eigenvalue weighted by Crippen LogP contribution is -2.16. The second-order valence-corrected chi connectivity index (χ2v) is 4.02. The third-order valence-corrected chi connectivity index (χ3v) is 2.78. The third kappa shape index (κ3) is 2.71. The normalized spacial score (nSPS) is 12.6. The van der Waals surface area contributed by atoms with E-state index in [0.29, 0.717) is 0 Å². The molecule has 0 spiro atoms. The summed E-state index contributed by atoms with van der Waals surface area (Å²) < 4.78 is 0. The first-order chi connectivity index (χ1) is 8.35. The van der Waals surface area contributed by atoms with Gasteiger partial charge in [-0.3, -0.25) is 0 Å². The van der Waals surface area contributed by atoms with E-state index in [9.17, 15) is 0 Å². The molecule has 1 heterocycles. The Bertz CT molecular complexity index is 449. The van der Waals surface area contributed by atoms with Crippen molar-refractivity contribution in [3.05, 3.63) is 42.2 Å². The van der Waals surface area contributed by atoms with Gasteiger partial charge in [0, 0.05) is 0 Å². The molecule has 2 rings (SSSR count). The number of rotatable bonds is 5. The standard InChI is InChI=1S/C13H18N4/c1-3-7-12(14-2)13-10-15-17(16-13)11-8-5-4-6-9-11/h4-6,8-10,12,14H,3,7H2,1-2H3. The van der Waals surface area contributed by atoms with Gasteiger partial charge in [-0.25, -0.2) is 0 Å². The molecular weight excluding hydrogens is 212 g/mol. The van der Waals surface area contributed by atoms with Crippen molar-refractivity contribution in [2.24, 2.45) is 0 Å². The predicted molar refractivity (Wildman–Crippen MR) is 68.1 cm³/mol. The average molecular weight is 230 g/mol. The molecule has 1 unspecified atom stereocenters. The van der Waals surface area contributed by atoms with Crippen LogP contribution in [0.1, 0.15) is 31.5 Å². The van der Waals surface area contributed by atoms with Crippen molar-refractivity contribution in [3.8, 4) is 5.69 Å². The molecule has 0 aliphatic heterocycles. The molecule has 1 aromatic carbocycles. The summed E-state index contributed by atoms with van der Waals surface area (Å²) in [5, 5.41) is 12.1. The molecule has 1 aromatic heterocycles. The summed E-state index contributed by atoms with van der Waals surface area (Å²) in [6, 6.07) is 10.2. The van der Waals surface area contributed by atoms with Crippen LogP contribution in [0.25, 0.3) is 5.69 Å². The van der Waals surface area contributed by atoms with Gasteiger partial charge in [-0.2, -0.15) is 15.0 Å². The second-order valence-electron chi connectivity index (χ2n) is 4.02. The zero-order chi connectivity index (χ0) is 12.1. The minimum absolute atomic E-state index is 0.289. The Morgan fingerprint density at radius 2 is 2.06 bits per heavy atom. The fraction of sp³-hybridized carbons (Fsp3) is 0.385. The van der Waals surface area contributed by atoms with Crippen LogP contribution in [0, 0.1) is 0 Å². The van der Waals surface area contributed by atoms with Crippen LogP contribution in [-0.4, -0.2) is 22.0 Å². The molecule has 17 heavy (non-hydrogen) atoms. The molecule has 4 heteroatoms. The number of hydrogen-bond donors (Lipinski definition) is 1. The summed E-state index contributed by atoms with van der Waals surface area (Å²) in [5.74, 6) is 0. The molecule has 4 nitrogen and oxygen atoms in total. The molecule has 0 fully saturated rings. The van der Waals surface area contributed by atoms with Crippen molar-refractivity contribution < 1.29 is 0 Å². The van der Waals surface area contributed by atoms with E-state index >= 15 is 0 Å². The van der Waals surface area contributed by atoms with Crippen molar-refractivity contribution in [2.45, 2.75) is 25.8 Å². The largest absolute Gasteiger partial charge is 0.312 e. The van der Waals surface area contributed by atoms with Gasteiger partial charge in [0.1, 0.15) is 5.69 Å². The minimum atomic E-state index is 0.289. The molecule has 0 amide bonds. The first-order valence-corrected chi connectivity index (χ1v) is 6.00. The Morgan fingerprint density at radius 1 is 1.29 bits per heavy atom. The van der Waals surface area contributed by atoms with Crippen LogP contribution in [-0.2, 0) is 0 Å². The molecule has 90 valence electrons. The highest BCUT2D eigenvalue weighted by Gasteiger charge is 2.12. The van der Waals surface area contributed by atoms with Crippen molar-refractivity contribution in [1.82, 2.24) is 20.3 Å². The van der Waals surface area contributed by atoms with Crippen LogP contribution >= 0.6 is 0 Å². The van der Waals surface area contributed by atoms with Crippen LogP contribution in [0.2, 0.25) is 0 Å². The zero-order valence-corrected chi connectivity index (χ0v) is 10.3. The summed E-state index contributed by atoms with van der Waals surface area (Å²) in [6.45, 7) is 2.17. The number of para-hydroxylation sites is 1. The van der Waals surface area contributed by atoms with Crippen molar-refractivity contribution in [3.63, 3.8) is 0 Å². The minimum Gasteiger partial charge on any atom is -0.312 e. The topological polar surface area (TPSA) is 42.7 Å². The van der Waals surface area contributed by atoms with E-state index in [1.807, 2.05) is 43.6 Å². The van der Waals surface area contributed by atoms with Gasteiger partial charge in [0.15, 0.2) is 0 Å². The van der Waals surface area contributed by atoms with Gasteiger partial charge in [0.2, 0.25) is 0 Å². The second kappa shape index (κ2) is 5.59. The number of aromatic nitrogens is 3. The molecule has 0 aliphatic rings. The highest BCUT2D eigenvalue weighted by molar-refractivity contribution is 5.28. The van der Waals surface area contributed by atoms with E-state index in [1.54, 1.807) is 4.80 Å². The summed E-state index contributed by atoms with van der Waals surface area (Å²) in [4.78, 5) is 1.68. The SMILES string of the molecule is CCCC(NC)c1cnn(-c2ccccc2)n1. The lowest BCUT2D eigenvalue weighted by Gasteiger charge is -2.10. The lowest BCUT2D eigenvalue weighted by molar-refractivity contribution is 0.523. The summed E-state index contributed by atoms with van der Waals surface area (Å²) >= 11 is 0. The van der Waals surface area contributed by atoms with E-state index in [1.165, 1.54) is 0 Å². The lowest BCUT2D eigenvalue weighted by atomic mass is 10.1. The predicted octanol–water partition coefficient (Wildman–Crippen LogP) is 2.33. The molecule has 0 saturated heterocycles. The van der Waals surface area contributed by atoms with Gasteiger partial charge < -0.3 is 5.32 Å². The van der Waals surface area contributed by atoms with Crippen LogP contribution < -0.4 is 5.32 Å². The first kappa shape index (κ1) is 11.8. The summed E-state index contributed by atoms with van der Waals surface area (Å²) in [6.07, 6.45) is 4.04. The number of benzene rings is 1. The van der Waals surface area contributed by atoms with Crippen LogP contribution in [0.5, 0.6) is 0 Å². The van der Waals surface area contributed by atoms with Crippen molar-refractivity contribution in [1.29, 1.82) is 0 Å². The monoisotopic (exact) mass is 230 g/mol. The third-order valence-electron chi connectivity index (χ3n) is 2.78. The van der Waals surface area contributed by atoms with E-state index in [0.717, 1.165) is 24.2 Å². The Hall–Kier alpha value is -1.68. The maximum absolute atomic E-state index is 4.51. The molecule has 0 aliphatic carbocycles. The van der Waals surface area contributed by atoms with E-state index < -0.39 is 0 Å². The van der Waals surface area contributed by atoms with Gasteiger partial charge in [-0.15, -0.1) is 0 Å².